The summed E-state index contributed by atoms with van der Waals surface area (Å²) in [5, 5.41) is 7.13. The maximum absolute atomic E-state index is 5.38. The fraction of sp³-hybridized carbons (Fsp3) is 0.500. The van der Waals surface area contributed by atoms with Crippen LogP contribution in [0.5, 0.6) is 5.75 Å². The third kappa shape index (κ3) is 5.47. The van der Waals surface area contributed by atoms with Crippen LogP contribution in [0.3, 0.4) is 0 Å². The summed E-state index contributed by atoms with van der Waals surface area (Å²) in [5.41, 5.74) is 3.86. The number of nitrogens with one attached hydrogen (secondary N) is 2. The lowest BCUT2D eigenvalue weighted by atomic mass is 10.1. The molecule has 0 radical (unpaired) electrons. The molecule has 2 saturated heterocycles. The van der Waals surface area contributed by atoms with Crippen LogP contribution in [0.4, 0.5) is 11.4 Å². The van der Waals surface area contributed by atoms with Crippen LogP contribution in [-0.4, -0.2) is 52.8 Å². The minimum absolute atomic E-state index is 0.195. The van der Waals surface area contributed by atoms with Gasteiger partial charge in [0.1, 0.15) is 5.75 Å². The summed E-state index contributed by atoms with van der Waals surface area (Å²) in [6.45, 7) is 7.58. The van der Waals surface area contributed by atoms with Crippen LogP contribution in [0, 0.1) is 5.92 Å². The molecule has 6 heteroatoms. The molecule has 0 spiro atoms. The Balaban J connectivity index is 1.28. The predicted octanol–water partition coefficient (Wildman–Crippen LogP) is 4.05. The van der Waals surface area contributed by atoms with Crippen molar-refractivity contribution in [3.05, 3.63) is 54.1 Å². The molecule has 2 N–H and O–H groups in total. The fourth-order valence-corrected chi connectivity index (χ4v) is 4.73. The summed E-state index contributed by atoms with van der Waals surface area (Å²) in [4.78, 5) is 9.39. The number of ether oxygens (including phenoxy) is 1. The van der Waals surface area contributed by atoms with E-state index in [1.165, 1.54) is 49.3 Å². The number of rotatable bonds is 7. The molecule has 6 nitrogen and oxygen atoms in total. The smallest absolute Gasteiger partial charge is 0.191 e. The second-order valence-electron chi connectivity index (χ2n) is 8.91. The van der Waals surface area contributed by atoms with Gasteiger partial charge in [-0.05, 0) is 61.9 Å². The second-order valence-corrected chi connectivity index (χ2v) is 8.91. The maximum Gasteiger partial charge on any atom is 0.191 e. The van der Waals surface area contributed by atoms with Crippen molar-refractivity contribution in [2.24, 2.45) is 10.9 Å². The Bertz CT molecular complexity index is 909. The van der Waals surface area contributed by atoms with E-state index >= 15 is 0 Å². The van der Waals surface area contributed by atoms with Gasteiger partial charge in [-0.2, -0.15) is 0 Å². The second kappa shape index (κ2) is 10.6. The van der Waals surface area contributed by atoms with Gasteiger partial charge >= 0.3 is 0 Å². The number of methoxy groups -OCH3 is 1. The molecule has 2 aliphatic rings. The van der Waals surface area contributed by atoms with Gasteiger partial charge in [-0.3, -0.25) is 4.99 Å². The molecule has 2 aromatic carbocycles. The Kier molecular flexibility index (Phi) is 7.40. The van der Waals surface area contributed by atoms with Gasteiger partial charge in [0, 0.05) is 57.2 Å². The van der Waals surface area contributed by atoms with Crippen molar-refractivity contribution in [1.29, 1.82) is 0 Å². The molecule has 2 atom stereocenters. The number of benzene rings is 2. The molecule has 2 unspecified atom stereocenters. The molecule has 0 amide bonds. The first kappa shape index (κ1) is 22.3. The lowest BCUT2D eigenvalue weighted by Crippen LogP contribution is -2.41. The van der Waals surface area contributed by atoms with E-state index in [0.29, 0.717) is 5.92 Å². The number of aliphatic imine (C=N–C) groups is 1. The molecule has 0 saturated carbocycles. The molecule has 4 rings (SSSR count). The monoisotopic (exact) mass is 435 g/mol. The number of anilines is 2. The molecule has 0 bridgehead atoms. The summed E-state index contributed by atoms with van der Waals surface area (Å²) in [6.07, 6.45) is 3.77. The zero-order valence-corrected chi connectivity index (χ0v) is 19.7. The highest BCUT2D eigenvalue weighted by Crippen LogP contribution is 2.27. The minimum Gasteiger partial charge on any atom is -0.497 e. The molecule has 2 aliphatic heterocycles. The largest absolute Gasteiger partial charge is 0.497 e. The average Bonchev–Trinajstić information content (AvgIpc) is 3.54. The summed E-state index contributed by atoms with van der Waals surface area (Å²) in [6, 6.07) is 17.5. The maximum atomic E-state index is 5.38. The summed E-state index contributed by atoms with van der Waals surface area (Å²) >= 11 is 0. The van der Waals surface area contributed by atoms with Gasteiger partial charge in [0.25, 0.3) is 0 Å². The van der Waals surface area contributed by atoms with Crippen molar-refractivity contribution in [1.82, 2.24) is 10.6 Å². The van der Waals surface area contributed by atoms with Crippen LogP contribution in [0.1, 0.15) is 37.8 Å². The van der Waals surface area contributed by atoms with Gasteiger partial charge in [-0.1, -0.05) is 18.2 Å². The van der Waals surface area contributed by atoms with Gasteiger partial charge < -0.3 is 25.2 Å². The normalized spacial score (nSPS) is 19.8. The van der Waals surface area contributed by atoms with Crippen LogP contribution in [0.25, 0.3) is 0 Å². The van der Waals surface area contributed by atoms with E-state index in [-0.39, 0.29) is 6.04 Å². The highest BCUT2D eigenvalue weighted by atomic mass is 16.5. The number of nitrogens with zero attached hydrogens (tertiary/aromatic N) is 3. The zero-order chi connectivity index (χ0) is 22.3. The number of guanidine groups is 1. The standard InChI is InChI=1S/C26H37N5O/c1-20(22-8-6-9-23(16-22)30-13-4-5-14-30)29-26(27-2)28-18-21-12-15-31(19-21)24-10-7-11-25(17-24)32-3/h6-11,16-17,20-21H,4-5,12-15,18-19H2,1-3H3,(H2,27,28,29). The van der Waals surface area contributed by atoms with Gasteiger partial charge in [0.2, 0.25) is 0 Å². The lowest BCUT2D eigenvalue weighted by molar-refractivity contribution is 0.415. The van der Waals surface area contributed by atoms with Crippen molar-refractivity contribution in [2.75, 3.05) is 56.7 Å². The highest BCUT2D eigenvalue weighted by molar-refractivity contribution is 5.80. The van der Waals surface area contributed by atoms with E-state index < -0.39 is 0 Å². The molecule has 2 aromatic rings. The third-order valence-corrected chi connectivity index (χ3v) is 6.68. The topological polar surface area (TPSA) is 52.1 Å². The van der Waals surface area contributed by atoms with E-state index in [0.717, 1.165) is 31.3 Å². The first-order chi connectivity index (χ1) is 15.7. The highest BCUT2D eigenvalue weighted by Gasteiger charge is 2.23. The van der Waals surface area contributed by atoms with Crippen molar-refractivity contribution in [2.45, 2.75) is 32.2 Å². The van der Waals surface area contributed by atoms with Crippen molar-refractivity contribution < 1.29 is 4.74 Å². The Morgan fingerprint density at radius 3 is 2.56 bits per heavy atom. The first-order valence-electron chi connectivity index (χ1n) is 11.9. The fourth-order valence-electron chi connectivity index (χ4n) is 4.73. The summed E-state index contributed by atoms with van der Waals surface area (Å²) < 4.78 is 5.38. The lowest BCUT2D eigenvalue weighted by Gasteiger charge is -2.23. The van der Waals surface area contributed by atoms with E-state index in [4.69, 9.17) is 4.74 Å². The molecule has 0 aromatic heterocycles. The quantitative estimate of drug-likeness (QED) is 0.508. The number of hydrogen-bond acceptors (Lipinski definition) is 4. The zero-order valence-electron chi connectivity index (χ0n) is 19.7. The Morgan fingerprint density at radius 2 is 1.81 bits per heavy atom. The minimum atomic E-state index is 0.195. The molecule has 0 aliphatic carbocycles. The van der Waals surface area contributed by atoms with Gasteiger partial charge in [-0.25, -0.2) is 0 Å². The van der Waals surface area contributed by atoms with E-state index in [9.17, 15) is 0 Å². The summed E-state index contributed by atoms with van der Waals surface area (Å²) in [7, 11) is 3.57. The van der Waals surface area contributed by atoms with Crippen LogP contribution in [-0.2, 0) is 0 Å². The van der Waals surface area contributed by atoms with Crippen LogP contribution < -0.4 is 25.2 Å². The van der Waals surface area contributed by atoms with Gasteiger partial charge in [0.15, 0.2) is 5.96 Å². The van der Waals surface area contributed by atoms with Crippen molar-refractivity contribution >= 4 is 17.3 Å². The van der Waals surface area contributed by atoms with E-state index in [1.54, 1.807) is 7.11 Å². The third-order valence-electron chi connectivity index (χ3n) is 6.68. The SMILES string of the molecule is CN=C(NCC1CCN(c2cccc(OC)c2)C1)NC(C)c1cccc(N2CCCC2)c1. The number of hydrogen-bond donors (Lipinski definition) is 2. The Labute approximate surface area is 192 Å². The van der Waals surface area contributed by atoms with Crippen molar-refractivity contribution in [3.63, 3.8) is 0 Å². The van der Waals surface area contributed by atoms with Crippen molar-refractivity contribution in [3.8, 4) is 5.75 Å². The average molecular weight is 436 g/mol. The molecule has 2 heterocycles. The molecule has 32 heavy (non-hydrogen) atoms. The molecular formula is C26H37N5O. The molecule has 2 fully saturated rings. The van der Waals surface area contributed by atoms with Crippen LogP contribution >= 0.6 is 0 Å². The van der Waals surface area contributed by atoms with Crippen LogP contribution in [0.2, 0.25) is 0 Å². The van der Waals surface area contributed by atoms with Gasteiger partial charge in [0.05, 0.1) is 13.2 Å². The van der Waals surface area contributed by atoms with E-state index in [2.05, 4.69) is 74.8 Å². The molecular weight excluding hydrogens is 398 g/mol. The Hall–Kier alpha value is -2.89. The summed E-state index contributed by atoms with van der Waals surface area (Å²) in [5.74, 6) is 2.37. The van der Waals surface area contributed by atoms with Crippen LogP contribution in [0.15, 0.2) is 53.5 Å². The van der Waals surface area contributed by atoms with Gasteiger partial charge in [-0.15, -0.1) is 0 Å². The predicted molar refractivity (Wildman–Crippen MR) is 134 cm³/mol. The van der Waals surface area contributed by atoms with E-state index in [1.807, 2.05) is 13.1 Å². The molecule has 172 valence electrons. The first-order valence-corrected chi connectivity index (χ1v) is 11.9. The Morgan fingerprint density at radius 1 is 1.06 bits per heavy atom.